The quantitative estimate of drug-likeness (QED) is 0.702. The van der Waals surface area contributed by atoms with Crippen LogP contribution in [-0.2, 0) is 19.2 Å². The van der Waals surface area contributed by atoms with Crippen LogP contribution in [0.3, 0.4) is 0 Å². The van der Waals surface area contributed by atoms with E-state index in [1.807, 2.05) is 32.0 Å². The Morgan fingerprint density at radius 1 is 1.32 bits per heavy atom. The van der Waals surface area contributed by atoms with E-state index in [-0.39, 0.29) is 18.0 Å². The van der Waals surface area contributed by atoms with Crippen molar-refractivity contribution in [1.29, 1.82) is 0 Å². The minimum atomic E-state index is -0.722. The number of amides is 1. The summed E-state index contributed by atoms with van der Waals surface area (Å²) in [6, 6.07) is 8.10. The van der Waals surface area contributed by atoms with Crippen LogP contribution in [0.2, 0.25) is 0 Å². The van der Waals surface area contributed by atoms with Gasteiger partial charge in [-0.1, -0.05) is 36.3 Å². The Hall–Kier alpha value is -2.37. The molecule has 0 unspecified atom stereocenters. The molecule has 3 rings (SSSR count). The Labute approximate surface area is 166 Å². The van der Waals surface area contributed by atoms with Crippen molar-refractivity contribution in [3.05, 3.63) is 35.4 Å². The van der Waals surface area contributed by atoms with Gasteiger partial charge in [0.05, 0.1) is 17.7 Å². The molecule has 1 aromatic rings. The maximum absolute atomic E-state index is 12.9. The second-order valence-electron chi connectivity index (χ2n) is 7.76. The van der Waals surface area contributed by atoms with E-state index in [2.05, 4.69) is 18.1 Å². The van der Waals surface area contributed by atoms with E-state index >= 15 is 0 Å². The predicted molar refractivity (Wildman–Crippen MR) is 107 cm³/mol. The van der Waals surface area contributed by atoms with Gasteiger partial charge in [0.2, 0.25) is 5.91 Å². The first-order valence-corrected chi connectivity index (χ1v) is 10.2. The lowest BCUT2D eigenvalue weighted by Crippen LogP contribution is -2.51. The Kier molecular flexibility index (Phi) is 6.37. The number of likely N-dealkylation sites (tertiary alicyclic amines) is 1. The standard InChI is InChI=1S/C22H30N2O4/c1-4-20(25)24-12-8-11-22(15-24,21(26)27-5-2)14-17-13-19(23-28-17)18-10-7-6-9-16(18)3/h6-7,9-10,17H,4-5,8,11-15H2,1-3H3/t17-,22+/m0/s1. The molecule has 1 aromatic carbocycles. The van der Waals surface area contributed by atoms with Gasteiger partial charge in [-0.25, -0.2) is 0 Å². The van der Waals surface area contributed by atoms with Crippen molar-refractivity contribution in [3.63, 3.8) is 0 Å². The number of ether oxygens (including phenoxy) is 1. The van der Waals surface area contributed by atoms with Crippen LogP contribution < -0.4 is 0 Å². The van der Waals surface area contributed by atoms with Gasteiger partial charge in [0.25, 0.3) is 0 Å². The van der Waals surface area contributed by atoms with Crippen LogP contribution >= 0.6 is 0 Å². The van der Waals surface area contributed by atoms with Crippen molar-refractivity contribution in [2.75, 3.05) is 19.7 Å². The van der Waals surface area contributed by atoms with Gasteiger partial charge < -0.3 is 14.5 Å². The topological polar surface area (TPSA) is 68.2 Å². The van der Waals surface area contributed by atoms with Crippen molar-refractivity contribution in [2.24, 2.45) is 10.6 Å². The Morgan fingerprint density at radius 2 is 2.11 bits per heavy atom. The highest BCUT2D eigenvalue weighted by Gasteiger charge is 2.47. The average Bonchev–Trinajstić information content (AvgIpc) is 3.16. The summed E-state index contributed by atoms with van der Waals surface area (Å²) in [5.41, 5.74) is 2.43. The molecule has 0 bridgehead atoms. The first-order valence-electron chi connectivity index (χ1n) is 10.2. The molecule has 0 aliphatic carbocycles. The average molecular weight is 386 g/mol. The number of oxime groups is 1. The van der Waals surface area contributed by atoms with Crippen LogP contribution in [0.5, 0.6) is 0 Å². The number of esters is 1. The largest absolute Gasteiger partial charge is 0.466 e. The molecule has 152 valence electrons. The van der Waals surface area contributed by atoms with Crippen LogP contribution in [-0.4, -0.2) is 48.3 Å². The molecule has 0 radical (unpaired) electrons. The van der Waals surface area contributed by atoms with Gasteiger partial charge in [-0.15, -0.1) is 0 Å². The molecule has 0 saturated carbocycles. The highest BCUT2D eigenvalue weighted by molar-refractivity contribution is 6.02. The molecule has 2 aliphatic heterocycles. The molecule has 0 spiro atoms. The number of rotatable bonds is 6. The third-order valence-corrected chi connectivity index (χ3v) is 5.75. The first kappa shape index (κ1) is 20.4. The molecular formula is C22H30N2O4. The summed E-state index contributed by atoms with van der Waals surface area (Å²) in [6.45, 7) is 7.15. The molecule has 0 aromatic heterocycles. The summed E-state index contributed by atoms with van der Waals surface area (Å²) in [6.07, 6.45) is 2.93. The van der Waals surface area contributed by atoms with Crippen LogP contribution in [0.1, 0.15) is 57.1 Å². The second-order valence-corrected chi connectivity index (χ2v) is 7.76. The molecular weight excluding hydrogens is 356 g/mol. The number of benzene rings is 1. The molecule has 1 fully saturated rings. The van der Waals surface area contributed by atoms with Crippen LogP contribution in [0.4, 0.5) is 0 Å². The fraction of sp³-hybridized carbons (Fsp3) is 0.591. The molecule has 1 amide bonds. The summed E-state index contributed by atoms with van der Waals surface area (Å²) in [5, 5.41) is 4.30. The predicted octanol–water partition coefficient (Wildman–Crippen LogP) is 3.46. The molecule has 1 saturated heterocycles. The molecule has 0 N–H and O–H groups in total. The lowest BCUT2D eigenvalue weighted by atomic mass is 9.74. The summed E-state index contributed by atoms with van der Waals surface area (Å²) >= 11 is 0. The smallest absolute Gasteiger partial charge is 0.314 e. The number of hydrogen-bond donors (Lipinski definition) is 0. The SMILES string of the molecule is CCOC(=O)[C@@]1(C[C@@H]2CC(c3ccccc3C)=NO2)CCCN(C(=O)CC)C1. The molecule has 2 heterocycles. The summed E-state index contributed by atoms with van der Waals surface area (Å²) < 4.78 is 5.42. The second kappa shape index (κ2) is 8.76. The van der Waals surface area contributed by atoms with Gasteiger partial charge in [0.1, 0.15) is 6.10 Å². The van der Waals surface area contributed by atoms with Crippen molar-refractivity contribution >= 4 is 17.6 Å². The van der Waals surface area contributed by atoms with Gasteiger partial charge in [-0.05, 0) is 32.3 Å². The minimum absolute atomic E-state index is 0.0811. The third kappa shape index (κ3) is 4.21. The van der Waals surface area contributed by atoms with Crippen LogP contribution in [0, 0.1) is 12.3 Å². The number of carbonyl (C=O) groups is 2. The summed E-state index contributed by atoms with van der Waals surface area (Å²) in [4.78, 5) is 32.7. The van der Waals surface area contributed by atoms with Gasteiger partial charge in [-0.3, -0.25) is 9.59 Å². The number of carbonyl (C=O) groups excluding carboxylic acids is 2. The lowest BCUT2D eigenvalue weighted by molar-refractivity contribution is -0.163. The van der Waals surface area contributed by atoms with Crippen molar-refractivity contribution in [1.82, 2.24) is 4.90 Å². The van der Waals surface area contributed by atoms with Crippen LogP contribution in [0.25, 0.3) is 0 Å². The summed E-state index contributed by atoms with van der Waals surface area (Å²) in [7, 11) is 0. The Balaban J connectivity index is 1.75. The Bertz CT molecular complexity index is 761. The number of aryl methyl sites for hydroxylation is 1. The van der Waals surface area contributed by atoms with Gasteiger partial charge in [-0.2, -0.15) is 0 Å². The summed E-state index contributed by atoms with van der Waals surface area (Å²) in [5.74, 6) is -0.144. The van der Waals surface area contributed by atoms with E-state index in [0.29, 0.717) is 45.4 Å². The number of nitrogens with zero attached hydrogens (tertiary/aromatic N) is 2. The minimum Gasteiger partial charge on any atom is -0.466 e. The fourth-order valence-corrected chi connectivity index (χ4v) is 4.30. The normalized spacial score (nSPS) is 24.5. The van der Waals surface area contributed by atoms with E-state index in [4.69, 9.17) is 9.57 Å². The maximum Gasteiger partial charge on any atom is 0.314 e. The molecule has 6 heteroatoms. The van der Waals surface area contributed by atoms with Gasteiger partial charge in [0.15, 0.2) is 0 Å². The highest BCUT2D eigenvalue weighted by atomic mass is 16.6. The zero-order valence-electron chi connectivity index (χ0n) is 17.1. The lowest BCUT2D eigenvalue weighted by Gasteiger charge is -2.41. The maximum atomic E-state index is 12.9. The first-order chi connectivity index (χ1) is 13.5. The van der Waals surface area contributed by atoms with Crippen molar-refractivity contribution in [3.8, 4) is 0 Å². The van der Waals surface area contributed by atoms with E-state index in [9.17, 15) is 9.59 Å². The van der Waals surface area contributed by atoms with Crippen molar-refractivity contribution < 1.29 is 19.2 Å². The Morgan fingerprint density at radius 3 is 2.82 bits per heavy atom. The monoisotopic (exact) mass is 386 g/mol. The van der Waals surface area contributed by atoms with E-state index < -0.39 is 5.41 Å². The third-order valence-electron chi connectivity index (χ3n) is 5.75. The zero-order valence-corrected chi connectivity index (χ0v) is 17.1. The van der Waals surface area contributed by atoms with E-state index in [0.717, 1.165) is 23.3 Å². The number of piperidine rings is 1. The molecule has 6 nitrogen and oxygen atoms in total. The van der Waals surface area contributed by atoms with Gasteiger partial charge in [0, 0.05) is 37.9 Å². The van der Waals surface area contributed by atoms with E-state index in [1.54, 1.807) is 4.90 Å². The molecule has 28 heavy (non-hydrogen) atoms. The fourth-order valence-electron chi connectivity index (χ4n) is 4.30. The van der Waals surface area contributed by atoms with Crippen LogP contribution in [0.15, 0.2) is 29.4 Å². The molecule has 2 aliphatic rings. The number of hydrogen-bond acceptors (Lipinski definition) is 5. The van der Waals surface area contributed by atoms with E-state index in [1.165, 1.54) is 0 Å². The zero-order chi connectivity index (χ0) is 20.1. The van der Waals surface area contributed by atoms with Gasteiger partial charge >= 0.3 is 5.97 Å². The highest BCUT2D eigenvalue weighted by Crippen LogP contribution is 2.39. The van der Waals surface area contributed by atoms with Crippen molar-refractivity contribution in [2.45, 2.75) is 59.0 Å². The molecule has 2 atom stereocenters.